The van der Waals surface area contributed by atoms with Gasteiger partial charge in [0.05, 0.1) is 18.4 Å². The van der Waals surface area contributed by atoms with E-state index in [0.717, 1.165) is 11.1 Å². The molecule has 0 unspecified atom stereocenters. The van der Waals surface area contributed by atoms with E-state index in [2.05, 4.69) is 9.46 Å². The summed E-state index contributed by atoms with van der Waals surface area (Å²) in [6.45, 7) is 4.07. The third-order valence-corrected chi connectivity index (χ3v) is 5.79. The van der Waals surface area contributed by atoms with E-state index >= 15 is 0 Å². The van der Waals surface area contributed by atoms with Gasteiger partial charge in [0, 0.05) is 24.8 Å². The molecule has 0 aliphatic rings. The molecule has 8 heteroatoms. The average molecular weight is 404 g/mol. The lowest BCUT2D eigenvalue weighted by Crippen LogP contribution is -2.29. The molecule has 0 atom stereocenters. The van der Waals surface area contributed by atoms with Crippen LogP contribution in [0.2, 0.25) is 0 Å². The van der Waals surface area contributed by atoms with Gasteiger partial charge >= 0.3 is 5.97 Å². The van der Waals surface area contributed by atoms with Crippen LogP contribution in [0.4, 0.5) is 5.69 Å². The Morgan fingerprint density at radius 2 is 1.68 bits per heavy atom. The molecule has 0 saturated heterocycles. The molecule has 1 amide bonds. The molecule has 2 rings (SSSR count). The first-order valence-corrected chi connectivity index (χ1v) is 10.1. The van der Waals surface area contributed by atoms with E-state index < -0.39 is 16.0 Å². The average Bonchev–Trinajstić information content (AvgIpc) is 2.68. The molecule has 0 bridgehead atoms. The highest BCUT2D eigenvalue weighted by Crippen LogP contribution is 2.19. The van der Waals surface area contributed by atoms with Gasteiger partial charge in [0.2, 0.25) is 0 Å². The Hall–Kier alpha value is -2.87. The molecular formula is C20H24N2O5S. The summed E-state index contributed by atoms with van der Waals surface area (Å²) in [6, 6.07) is 11.0. The summed E-state index contributed by atoms with van der Waals surface area (Å²) in [5, 5.41) is 0. The Morgan fingerprint density at radius 1 is 1.04 bits per heavy atom. The molecule has 0 heterocycles. The number of methoxy groups -OCH3 is 1. The zero-order chi connectivity index (χ0) is 20.9. The number of nitrogens with zero attached hydrogens (tertiary/aromatic N) is 1. The smallest absolute Gasteiger partial charge is 0.307 e. The number of hydrogen-bond donors (Lipinski definition) is 1. The van der Waals surface area contributed by atoms with E-state index in [0.29, 0.717) is 11.3 Å². The van der Waals surface area contributed by atoms with Crippen molar-refractivity contribution in [3.8, 4) is 0 Å². The maximum atomic E-state index is 12.6. The molecule has 0 saturated carbocycles. The van der Waals surface area contributed by atoms with Crippen molar-refractivity contribution in [3.05, 3.63) is 59.2 Å². The summed E-state index contributed by atoms with van der Waals surface area (Å²) in [5.74, 6) is -0.714. The monoisotopic (exact) mass is 404 g/mol. The van der Waals surface area contributed by atoms with Crippen LogP contribution in [-0.2, 0) is 19.6 Å². The van der Waals surface area contributed by atoms with Gasteiger partial charge in [-0.2, -0.15) is 0 Å². The quantitative estimate of drug-likeness (QED) is 0.717. The van der Waals surface area contributed by atoms with Crippen molar-refractivity contribution >= 4 is 27.6 Å². The van der Waals surface area contributed by atoms with Gasteiger partial charge in [-0.15, -0.1) is 0 Å². The number of ether oxygens (including phenoxy) is 1. The van der Waals surface area contributed by atoms with Crippen LogP contribution in [0.15, 0.2) is 47.4 Å². The molecule has 0 aromatic heterocycles. The van der Waals surface area contributed by atoms with Gasteiger partial charge < -0.3 is 9.64 Å². The van der Waals surface area contributed by atoms with E-state index in [9.17, 15) is 18.0 Å². The fraction of sp³-hybridized carbons (Fsp3) is 0.300. The summed E-state index contributed by atoms with van der Waals surface area (Å²) in [7, 11) is -0.913. The van der Waals surface area contributed by atoms with Gasteiger partial charge in [0.1, 0.15) is 0 Å². The van der Waals surface area contributed by atoms with Gasteiger partial charge in [-0.25, -0.2) is 8.42 Å². The molecule has 2 aromatic carbocycles. The predicted molar refractivity (Wildman–Crippen MR) is 107 cm³/mol. The normalized spacial score (nSPS) is 11.0. The molecule has 0 spiro atoms. The minimum atomic E-state index is -3.77. The number of esters is 1. The molecule has 1 N–H and O–H groups in total. The van der Waals surface area contributed by atoms with Crippen LogP contribution in [0.3, 0.4) is 0 Å². The number of carbonyl (C=O) groups excluding carboxylic acids is 2. The first-order valence-electron chi connectivity index (χ1n) is 8.66. The second-order valence-electron chi connectivity index (χ2n) is 6.48. The summed E-state index contributed by atoms with van der Waals surface area (Å²) in [4.78, 5) is 25.0. The Balaban J connectivity index is 2.10. The van der Waals surface area contributed by atoms with Crippen LogP contribution < -0.4 is 4.72 Å². The molecule has 7 nitrogen and oxygen atoms in total. The van der Waals surface area contributed by atoms with E-state index in [1.165, 1.54) is 36.3 Å². The van der Waals surface area contributed by atoms with Crippen LogP contribution >= 0.6 is 0 Å². The fourth-order valence-electron chi connectivity index (χ4n) is 2.48. The minimum Gasteiger partial charge on any atom is -0.469 e. The van der Waals surface area contributed by atoms with Crippen molar-refractivity contribution in [3.63, 3.8) is 0 Å². The maximum absolute atomic E-state index is 12.6. The number of rotatable bonds is 7. The summed E-state index contributed by atoms with van der Waals surface area (Å²) >= 11 is 0. The zero-order valence-corrected chi connectivity index (χ0v) is 17.2. The number of carbonyl (C=O) groups is 2. The van der Waals surface area contributed by atoms with Crippen molar-refractivity contribution in [2.75, 3.05) is 25.4 Å². The fourth-order valence-corrected chi connectivity index (χ4v) is 3.53. The molecule has 0 fully saturated rings. The number of sulfonamides is 1. The van der Waals surface area contributed by atoms with Crippen molar-refractivity contribution in [2.45, 2.75) is 25.2 Å². The summed E-state index contributed by atoms with van der Waals surface area (Å²) in [6.07, 6.45) is 0.0884. The number of hydrogen-bond acceptors (Lipinski definition) is 5. The van der Waals surface area contributed by atoms with Crippen LogP contribution in [0.1, 0.15) is 27.9 Å². The Kier molecular flexibility index (Phi) is 6.80. The lowest BCUT2D eigenvalue weighted by Gasteiger charge is -2.16. The van der Waals surface area contributed by atoms with Gasteiger partial charge in [0.25, 0.3) is 15.9 Å². The van der Waals surface area contributed by atoms with Gasteiger partial charge in [-0.05, 0) is 61.4 Å². The number of anilines is 1. The molecule has 150 valence electrons. The lowest BCUT2D eigenvalue weighted by molar-refractivity contribution is -0.140. The first-order chi connectivity index (χ1) is 13.1. The second-order valence-corrected chi connectivity index (χ2v) is 8.16. The lowest BCUT2D eigenvalue weighted by atomic mass is 10.1. The Bertz CT molecular complexity index is 969. The second kappa shape index (κ2) is 8.88. The van der Waals surface area contributed by atoms with E-state index in [-0.39, 0.29) is 23.8 Å². The molecular weight excluding hydrogens is 380 g/mol. The van der Waals surface area contributed by atoms with E-state index in [4.69, 9.17) is 0 Å². The molecule has 0 aliphatic carbocycles. The molecule has 28 heavy (non-hydrogen) atoms. The number of nitrogens with one attached hydrogen (secondary N) is 1. The predicted octanol–water partition coefficient (Wildman–Crippen LogP) is 2.74. The van der Waals surface area contributed by atoms with E-state index in [1.54, 1.807) is 19.2 Å². The third kappa shape index (κ3) is 5.32. The van der Waals surface area contributed by atoms with Crippen LogP contribution in [0.25, 0.3) is 0 Å². The highest BCUT2D eigenvalue weighted by molar-refractivity contribution is 7.92. The third-order valence-electron chi connectivity index (χ3n) is 4.40. The van der Waals surface area contributed by atoms with Crippen molar-refractivity contribution in [1.82, 2.24) is 4.90 Å². The standard InChI is InChI=1S/C20H24N2O5S/c1-14-5-8-17(13-15(14)2)21-28(25,26)18-9-6-16(7-10-18)20(24)22(3)12-11-19(23)27-4/h5-10,13,21H,11-12H2,1-4H3. The largest absolute Gasteiger partial charge is 0.469 e. The zero-order valence-electron chi connectivity index (χ0n) is 16.4. The van der Waals surface area contributed by atoms with Crippen molar-refractivity contribution in [1.29, 1.82) is 0 Å². The van der Waals surface area contributed by atoms with Gasteiger partial charge in [-0.1, -0.05) is 6.07 Å². The topological polar surface area (TPSA) is 92.8 Å². The van der Waals surface area contributed by atoms with Gasteiger partial charge in [0.15, 0.2) is 0 Å². The van der Waals surface area contributed by atoms with Crippen LogP contribution in [0.5, 0.6) is 0 Å². The first kappa shape index (κ1) is 21.4. The van der Waals surface area contributed by atoms with Gasteiger partial charge in [-0.3, -0.25) is 14.3 Å². The Labute approximate surface area is 165 Å². The number of benzene rings is 2. The van der Waals surface area contributed by atoms with Crippen LogP contribution in [0, 0.1) is 13.8 Å². The molecule has 0 radical (unpaired) electrons. The number of aryl methyl sites for hydroxylation is 2. The maximum Gasteiger partial charge on any atom is 0.307 e. The number of amides is 1. The van der Waals surface area contributed by atoms with Crippen molar-refractivity contribution in [2.24, 2.45) is 0 Å². The molecule has 2 aromatic rings. The highest BCUT2D eigenvalue weighted by Gasteiger charge is 2.17. The van der Waals surface area contributed by atoms with Crippen LogP contribution in [-0.4, -0.2) is 45.9 Å². The summed E-state index contributed by atoms with van der Waals surface area (Å²) in [5.41, 5.74) is 2.86. The minimum absolute atomic E-state index is 0.0551. The molecule has 0 aliphatic heterocycles. The van der Waals surface area contributed by atoms with E-state index in [1.807, 2.05) is 19.9 Å². The highest BCUT2D eigenvalue weighted by atomic mass is 32.2. The SMILES string of the molecule is COC(=O)CCN(C)C(=O)c1ccc(S(=O)(=O)Nc2ccc(C)c(C)c2)cc1. The summed E-state index contributed by atoms with van der Waals surface area (Å²) < 4.78 is 32.2. The Morgan fingerprint density at radius 3 is 2.25 bits per heavy atom. The van der Waals surface area contributed by atoms with Crippen molar-refractivity contribution < 1.29 is 22.7 Å².